The molecule has 1 nitrogen and oxygen atoms in total. The molecule has 20 heavy (non-hydrogen) atoms. The van der Waals surface area contributed by atoms with Crippen molar-refractivity contribution >= 4 is 34.5 Å². The van der Waals surface area contributed by atoms with Gasteiger partial charge in [0.15, 0.2) is 0 Å². The van der Waals surface area contributed by atoms with E-state index < -0.39 is 0 Å². The van der Waals surface area contributed by atoms with Gasteiger partial charge in [0.1, 0.15) is 0 Å². The van der Waals surface area contributed by atoms with Gasteiger partial charge in [0, 0.05) is 25.8 Å². The lowest BCUT2D eigenvalue weighted by atomic mass is 10.0. The van der Waals surface area contributed by atoms with Crippen LogP contribution in [0, 0.1) is 0 Å². The van der Waals surface area contributed by atoms with Crippen molar-refractivity contribution in [3.8, 4) is 0 Å². The lowest BCUT2D eigenvalue weighted by molar-refractivity contribution is 0.558. The normalized spacial score (nSPS) is 12.6. The number of rotatable bonds is 6. The third kappa shape index (κ3) is 3.98. The maximum absolute atomic E-state index is 6.28. The number of aryl methyl sites for hydroxylation is 1. The predicted octanol–water partition coefficient (Wildman–Crippen LogP) is 5.51. The highest BCUT2D eigenvalue weighted by atomic mass is 35.5. The Morgan fingerprint density at radius 2 is 1.95 bits per heavy atom. The van der Waals surface area contributed by atoms with Crippen molar-refractivity contribution in [2.24, 2.45) is 0 Å². The first-order chi connectivity index (χ1) is 9.63. The summed E-state index contributed by atoms with van der Waals surface area (Å²) in [6, 6.07) is 10.4. The Labute approximate surface area is 134 Å². The molecular formula is C16H19Cl2NS. The molecular weight excluding hydrogens is 309 g/mol. The van der Waals surface area contributed by atoms with Gasteiger partial charge in [-0.15, -0.1) is 11.3 Å². The standard InChI is InChI=1S/C16H19Cl2NS/c1-3-13-6-8-16(20-13)15(19-4-2)10-11-9-12(17)5-7-14(11)18/h5-9,15,19H,3-4,10H2,1-2H3. The van der Waals surface area contributed by atoms with Gasteiger partial charge in [0.2, 0.25) is 0 Å². The zero-order valence-electron chi connectivity index (χ0n) is 11.7. The minimum atomic E-state index is 0.293. The van der Waals surface area contributed by atoms with Gasteiger partial charge in [0.25, 0.3) is 0 Å². The predicted molar refractivity (Wildman–Crippen MR) is 90.3 cm³/mol. The van der Waals surface area contributed by atoms with Gasteiger partial charge in [-0.1, -0.05) is 37.0 Å². The van der Waals surface area contributed by atoms with Gasteiger partial charge >= 0.3 is 0 Å². The summed E-state index contributed by atoms with van der Waals surface area (Å²) in [5, 5.41) is 5.06. The summed E-state index contributed by atoms with van der Waals surface area (Å²) in [4.78, 5) is 2.78. The molecule has 0 spiro atoms. The molecule has 0 amide bonds. The minimum Gasteiger partial charge on any atom is -0.309 e. The summed E-state index contributed by atoms with van der Waals surface area (Å²) in [6.07, 6.45) is 1.94. The molecule has 0 radical (unpaired) electrons. The van der Waals surface area contributed by atoms with Crippen LogP contribution in [0.2, 0.25) is 10.0 Å². The van der Waals surface area contributed by atoms with E-state index in [0.717, 1.165) is 35.0 Å². The summed E-state index contributed by atoms with van der Waals surface area (Å²) in [7, 11) is 0. The average molecular weight is 328 g/mol. The van der Waals surface area contributed by atoms with Crippen molar-refractivity contribution in [3.63, 3.8) is 0 Å². The molecule has 0 aliphatic carbocycles. The fraction of sp³-hybridized carbons (Fsp3) is 0.375. The molecule has 0 saturated carbocycles. The Kier molecular flexibility index (Phi) is 5.91. The van der Waals surface area contributed by atoms with Crippen LogP contribution in [0.1, 0.15) is 35.2 Å². The Hall–Kier alpha value is -0.540. The van der Waals surface area contributed by atoms with Crippen molar-refractivity contribution < 1.29 is 0 Å². The smallest absolute Gasteiger partial charge is 0.0456 e. The third-order valence-electron chi connectivity index (χ3n) is 3.26. The zero-order valence-corrected chi connectivity index (χ0v) is 14.1. The van der Waals surface area contributed by atoms with Gasteiger partial charge in [-0.2, -0.15) is 0 Å². The van der Waals surface area contributed by atoms with Crippen LogP contribution in [0.15, 0.2) is 30.3 Å². The van der Waals surface area contributed by atoms with Crippen LogP contribution < -0.4 is 5.32 Å². The zero-order chi connectivity index (χ0) is 14.5. The van der Waals surface area contributed by atoms with Gasteiger partial charge in [-0.25, -0.2) is 0 Å². The number of halogens is 2. The largest absolute Gasteiger partial charge is 0.309 e. The van der Waals surface area contributed by atoms with Crippen LogP contribution >= 0.6 is 34.5 Å². The molecule has 1 N–H and O–H groups in total. The topological polar surface area (TPSA) is 12.0 Å². The molecule has 0 bridgehead atoms. The Morgan fingerprint density at radius 1 is 1.15 bits per heavy atom. The van der Waals surface area contributed by atoms with Crippen LogP contribution in [0.3, 0.4) is 0 Å². The van der Waals surface area contributed by atoms with Crippen LogP contribution in [-0.2, 0) is 12.8 Å². The van der Waals surface area contributed by atoms with Gasteiger partial charge in [-0.3, -0.25) is 0 Å². The lowest BCUT2D eigenvalue weighted by Gasteiger charge is -2.17. The minimum absolute atomic E-state index is 0.293. The lowest BCUT2D eigenvalue weighted by Crippen LogP contribution is -2.22. The summed E-state index contributed by atoms with van der Waals surface area (Å²) >= 11 is 14.2. The summed E-state index contributed by atoms with van der Waals surface area (Å²) in [6.45, 7) is 5.24. The molecule has 2 rings (SSSR count). The molecule has 0 aliphatic rings. The maximum Gasteiger partial charge on any atom is 0.0456 e. The van der Waals surface area contributed by atoms with E-state index in [-0.39, 0.29) is 0 Å². The second-order valence-electron chi connectivity index (χ2n) is 4.71. The quantitative estimate of drug-likeness (QED) is 0.737. The number of thiophene rings is 1. The van der Waals surface area contributed by atoms with Gasteiger partial charge in [0.05, 0.1) is 0 Å². The Balaban J connectivity index is 2.22. The maximum atomic E-state index is 6.28. The Morgan fingerprint density at radius 3 is 2.60 bits per heavy atom. The monoisotopic (exact) mass is 327 g/mol. The van der Waals surface area contributed by atoms with Crippen molar-refractivity contribution in [2.75, 3.05) is 6.54 Å². The molecule has 1 heterocycles. The van der Waals surface area contributed by atoms with E-state index in [2.05, 4.69) is 31.3 Å². The highest BCUT2D eigenvalue weighted by Gasteiger charge is 2.15. The van der Waals surface area contributed by atoms with E-state index >= 15 is 0 Å². The van der Waals surface area contributed by atoms with Crippen LogP contribution in [0.25, 0.3) is 0 Å². The molecule has 4 heteroatoms. The van der Waals surface area contributed by atoms with Gasteiger partial charge < -0.3 is 5.32 Å². The van der Waals surface area contributed by atoms with Crippen molar-refractivity contribution in [1.29, 1.82) is 0 Å². The fourth-order valence-electron chi connectivity index (χ4n) is 2.21. The highest BCUT2D eigenvalue weighted by molar-refractivity contribution is 7.12. The molecule has 1 atom stereocenters. The van der Waals surface area contributed by atoms with E-state index in [0.29, 0.717) is 6.04 Å². The number of hydrogen-bond donors (Lipinski definition) is 1. The van der Waals surface area contributed by atoms with Crippen LogP contribution in [0.4, 0.5) is 0 Å². The first-order valence-corrected chi connectivity index (χ1v) is 8.47. The molecule has 1 aromatic carbocycles. The van der Waals surface area contributed by atoms with Crippen molar-refractivity contribution in [3.05, 3.63) is 55.7 Å². The first kappa shape index (κ1) is 15.8. The number of nitrogens with one attached hydrogen (secondary N) is 1. The van der Waals surface area contributed by atoms with E-state index in [1.165, 1.54) is 9.75 Å². The van der Waals surface area contributed by atoms with E-state index in [1.54, 1.807) is 0 Å². The molecule has 0 fully saturated rings. The summed E-state index contributed by atoms with van der Waals surface area (Å²) in [5.74, 6) is 0. The van der Waals surface area contributed by atoms with E-state index in [4.69, 9.17) is 23.2 Å². The van der Waals surface area contributed by atoms with Crippen LogP contribution in [-0.4, -0.2) is 6.54 Å². The van der Waals surface area contributed by atoms with E-state index in [9.17, 15) is 0 Å². The average Bonchev–Trinajstić information content (AvgIpc) is 2.91. The van der Waals surface area contributed by atoms with Gasteiger partial charge in [-0.05, 0) is 55.3 Å². The van der Waals surface area contributed by atoms with Crippen LogP contribution in [0.5, 0.6) is 0 Å². The number of likely N-dealkylation sites (N-methyl/N-ethyl adjacent to an activating group) is 1. The number of benzene rings is 1. The number of hydrogen-bond acceptors (Lipinski definition) is 2. The Bertz CT molecular complexity index is 565. The first-order valence-electron chi connectivity index (χ1n) is 6.90. The second kappa shape index (κ2) is 7.46. The van der Waals surface area contributed by atoms with Crippen molar-refractivity contribution in [2.45, 2.75) is 32.7 Å². The molecule has 0 aliphatic heterocycles. The molecule has 1 unspecified atom stereocenters. The second-order valence-corrected chi connectivity index (χ2v) is 6.75. The van der Waals surface area contributed by atoms with Crippen molar-refractivity contribution in [1.82, 2.24) is 5.32 Å². The highest BCUT2D eigenvalue weighted by Crippen LogP contribution is 2.30. The third-order valence-corrected chi connectivity index (χ3v) is 5.20. The SMILES string of the molecule is CCNC(Cc1cc(Cl)ccc1Cl)c1ccc(CC)s1. The summed E-state index contributed by atoms with van der Waals surface area (Å²) < 4.78 is 0. The summed E-state index contributed by atoms with van der Waals surface area (Å²) in [5.41, 5.74) is 1.09. The molecule has 108 valence electrons. The molecule has 1 aromatic heterocycles. The molecule has 2 aromatic rings. The van der Waals surface area contributed by atoms with E-state index in [1.807, 2.05) is 29.5 Å². The fourth-order valence-corrected chi connectivity index (χ4v) is 3.63. The molecule has 0 saturated heterocycles.